The van der Waals surface area contributed by atoms with E-state index in [1.807, 2.05) is 11.6 Å². The van der Waals surface area contributed by atoms with Gasteiger partial charge in [0.25, 0.3) is 0 Å². The number of fused-ring (bicyclic) bond motifs is 1. The summed E-state index contributed by atoms with van der Waals surface area (Å²) in [6.07, 6.45) is 2.62. The number of hydrogen-bond acceptors (Lipinski definition) is 2. The third-order valence-electron chi connectivity index (χ3n) is 2.76. The van der Waals surface area contributed by atoms with Gasteiger partial charge in [0.2, 0.25) is 0 Å². The van der Waals surface area contributed by atoms with E-state index < -0.39 is 0 Å². The molecule has 2 rings (SSSR count). The van der Waals surface area contributed by atoms with Gasteiger partial charge >= 0.3 is 6.03 Å². The Morgan fingerprint density at radius 3 is 3.25 bits per heavy atom. The number of alkyl halides is 1. The molecule has 0 radical (unpaired) electrons. The lowest BCUT2D eigenvalue weighted by Gasteiger charge is -2.27. The van der Waals surface area contributed by atoms with Crippen LogP contribution >= 0.6 is 11.6 Å². The highest BCUT2D eigenvalue weighted by atomic mass is 35.5. The Morgan fingerprint density at radius 2 is 2.50 bits per heavy atom. The standard InChI is InChI=1S/C10H15ClN4O/c1-14-7-13-8-2-5-15(6-9(8)14)10(16)12-4-3-11/h7H,2-6H2,1H3,(H,12,16). The van der Waals surface area contributed by atoms with Gasteiger partial charge in [-0.05, 0) is 0 Å². The Kier molecular flexibility index (Phi) is 3.33. The van der Waals surface area contributed by atoms with E-state index in [1.54, 1.807) is 11.2 Å². The summed E-state index contributed by atoms with van der Waals surface area (Å²) in [4.78, 5) is 17.8. The van der Waals surface area contributed by atoms with Crippen LogP contribution in [-0.4, -0.2) is 39.5 Å². The summed E-state index contributed by atoms with van der Waals surface area (Å²) >= 11 is 5.53. The first kappa shape index (κ1) is 11.3. The molecule has 0 saturated carbocycles. The Morgan fingerprint density at radius 1 is 1.69 bits per heavy atom. The molecule has 0 atom stereocenters. The lowest BCUT2D eigenvalue weighted by molar-refractivity contribution is 0.191. The van der Waals surface area contributed by atoms with Crippen LogP contribution < -0.4 is 5.32 Å². The quantitative estimate of drug-likeness (QED) is 0.778. The van der Waals surface area contributed by atoms with Gasteiger partial charge in [-0.3, -0.25) is 0 Å². The molecule has 1 aliphatic heterocycles. The molecule has 1 N–H and O–H groups in total. The van der Waals surface area contributed by atoms with Gasteiger partial charge in [-0.2, -0.15) is 0 Å². The van der Waals surface area contributed by atoms with Crippen LogP contribution in [0.4, 0.5) is 4.79 Å². The fraction of sp³-hybridized carbons (Fsp3) is 0.600. The van der Waals surface area contributed by atoms with E-state index in [2.05, 4.69) is 10.3 Å². The summed E-state index contributed by atoms with van der Waals surface area (Å²) < 4.78 is 1.97. The van der Waals surface area contributed by atoms with Gasteiger partial charge in [-0.15, -0.1) is 11.6 Å². The van der Waals surface area contributed by atoms with Crippen molar-refractivity contribution in [3.8, 4) is 0 Å². The first-order valence-electron chi connectivity index (χ1n) is 5.30. The van der Waals surface area contributed by atoms with Crippen molar-refractivity contribution in [3.05, 3.63) is 17.7 Å². The zero-order valence-electron chi connectivity index (χ0n) is 9.24. The molecule has 0 saturated heterocycles. The van der Waals surface area contributed by atoms with E-state index in [0.717, 1.165) is 24.4 Å². The molecule has 0 aromatic carbocycles. The number of imidazole rings is 1. The summed E-state index contributed by atoms with van der Waals surface area (Å²) in [5.74, 6) is 0.441. The Balaban J connectivity index is 2.01. The van der Waals surface area contributed by atoms with Crippen LogP contribution in [0.15, 0.2) is 6.33 Å². The Bertz CT molecular complexity index is 390. The summed E-state index contributed by atoms with van der Waals surface area (Å²) in [6.45, 7) is 1.85. The van der Waals surface area contributed by atoms with E-state index in [-0.39, 0.29) is 6.03 Å². The monoisotopic (exact) mass is 242 g/mol. The van der Waals surface area contributed by atoms with Crippen molar-refractivity contribution in [3.63, 3.8) is 0 Å². The molecule has 5 nitrogen and oxygen atoms in total. The number of halogens is 1. The van der Waals surface area contributed by atoms with Crippen molar-refractivity contribution in [1.29, 1.82) is 0 Å². The summed E-state index contributed by atoms with van der Waals surface area (Å²) in [5.41, 5.74) is 2.22. The summed E-state index contributed by atoms with van der Waals surface area (Å²) in [6, 6.07) is -0.0486. The molecule has 0 bridgehead atoms. The molecule has 16 heavy (non-hydrogen) atoms. The van der Waals surface area contributed by atoms with Crippen molar-refractivity contribution >= 4 is 17.6 Å². The maximum atomic E-state index is 11.7. The van der Waals surface area contributed by atoms with Gasteiger partial charge in [0.05, 0.1) is 24.3 Å². The van der Waals surface area contributed by atoms with E-state index in [0.29, 0.717) is 19.0 Å². The maximum absolute atomic E-state index is 11.7. The van der Waals surface area contributed by atoms with Crippen LogP contribution in [0, 0.1) is 0 Å². The minimum absolute atomic E-state index is 0.0486. The van der Waals surface area contributed by atoms with Crippen LogP contribution in [0.5, 0.6) is 0 Å². The number of hydrogen-bond donors (Lipinski definition) is 1. The van der Waals surface area contributed by atoms with Crippen LogP contribution in [0.3, 0.4) is 0 Å². The molecule has 0 unspecified atom stereocenters. The molecular formula is C10H15ClN4O. The van der Waals surface area contributed by atoms with E-state index >= 15 is 0 Å². The second-order valence-electron chi connectivity index (χ2n) is 3.84. The number of carbonyl (C=O) groups is 1. The normalized spacial score (nSPS) is 14.8. The molecule has 1 aliphatic rings. The smallest absolute Gasteiger partial charge is 0.317 e. The topological polar surface area (TPSA) is 50.2 Å². The largest absolute Gasteiger partial charge is 0.337 e. The Hall–Kier alpha value is -1.23. The zero-order valence-corrected chi connectivity index (χ0v) is 10.00. The average Bonchev–Trinajstić information content (AvgIpc) is 2.67. The van der Waals surface area contributed by atoms with Crippen molar-refractivity contribution in [1.82, 2.24) is 19.8 Å². The number of rotatable bonds is 2. The van der Waals surface area contributed by atoms with Gasteiger partial charge in [0.1, 0.15) is 0 Å². The van der Waals surface area contributed by atoms with Gasteiger partial charge in [0, 0.05) is 32.4 Å². The summed E-state index contributed by atoms with van der Waals surface area (Å²) in [5, 5.41) is 2.77. The van der Waals surface area contributed by atoms with Gasteiger partial charge in [-0.25, -0.2) is 9.78 Å². The van der Waals surface area contributed by atoms with Crippen LogP contribution in [0.25, 0.3) is 0 Å². The molecule has 2 amide bonds. The molecular weight excluding hydrogens is 228 g/mol. The molecule has 1 aromatic rings. The second kappa shape index (κ2) is 4.74. The van der Waals surface area contributed by atoms with Gasteiger partial charge in [-0.1, -0.05) is 0 Å². The van der Waals surface area contributed by atoms with E-state index in [4.69, 9.17) is 11.6 Å². The molecule has 0 aliphatic carbocycles. The lowest BCUT2D eigenvalue weighted by Crippen LogP contribution is -2.43. The highest BCUT2D eigenvalue weighted by Gasteiger charge is 2.23. The number of carbonyl (C=O) groups excluding carboxylic acids is 1. The molecule has 88 valence electrons. The number of amides is 2. The van der Waals surface area contributed by atoms with Crippen molar-refractivity contribution in [2.75, 3.05) is 19.0 Å². The number of nitrogens with zero attached hydrogens (tertiary/aromatic N) is 3. The first-order valence-corrected chi connectivity index (χ1v) is 5.83. The van der Waals surface area contributed by atoms with Crippen LogP contribution in [-0.2, 0) is 20.0 Å². The first-order chi connectivity index (χ1) is 7.72. The molecule has 6 heteroatoms. The lowest BCUT2D eigenvalue weighted by atomic mass is 10.1. The van der Waals surface area contributed by atoms with Gasteiger partial charge < -0.3 is 14.8 Å². The number of aromatic nitrogens is 2. The highest BCUT2D eigenvalue weighted by molar-refractivity contribution is 6.18. The minimum Gasteiger partial charge on any atom is -0.337 e. The van der Waals surface area contributed by atoms with Crippen molar-refractivity contribution in [2.24, 2.45) is 7.05 Å². The number of urea groups is 1. The fourth-order valence-corrected chi connectivity index (χ4v) is 1.95. The average molecular weight is 243 g/mol. The Labute approximate surface area is 99.4 Å². The molecule has 0 fully saturated rings. The summed E-state index contributed by atoms with van der Waals surface area (Å²) in [7, 11) is 1.95. The number of aryl methyl sites for hydroxylation is 1. The van der Waals surface area contributed by atoms with E-state index in [9.17, 15) is 4.79 Å². The molecule has 1 aromatic heterocycles. The predicted molar refractivity (Wildman–Crippen MR) is 61.4 cm³/mol. The maximum Gasteiger partial charge on any atom is 0.317 e. The second-order valence-corrected chi connectivity index (χ2v) is 4.22. The van der Waals surface area contributed by atoms with E-state index in [1.165, 1.54) is 0 Å². The van der Waals surface area contributed by atoms with Crippen molar-refractivity contribution in [2.45, 2.75) is 13.0 Å². The van der Waals surface area contributed by atoms with Gasteiger partial charge in [0.15, 0.2) is 0 Å². The van der Waals surface area contributed by atoms with Crippen LogP contribution in [0.2, 0.25) is 0 Å². The molecule has 0 spiro atoms. The van der Waals surface area contributed by atoms with Crippen LogP contribution in [0.1, 0.15) is 11.4 Å². The SMILES string of the molecule is Cn1cnc2c1CN(C(=O)NCCCl)CC2. The zero-order chi connectivity index (χ0) is 11.5. The molecule has 2 heterocycles. The minimum atomic E-state index is -0.0486. The predicted octanol–water partition coefficient (Wildman–Crippen LogP) is 0.727. The fourth-order valence-electron chi connectivity index (χ4n) is 1.86. The highest BCUT2D eigenvalue weighted by Crippen LogP contribution is 2.16. The third-order valence-corrected chi connectivity index (χ3v) is 2.95. The van der Waals surface area contributed by atoms with Crippen molar-refractivity contribution < 1.29 is 4.79 Å². The third kappa shape index (κ3) is 2.14. The number of nitrogens with one attached hydrogen (secondary N) is 1.